The molecule has 17 heavy (non-hydrogen) atoms. The van der Waals surface area contributed by atoms with Gasteiger partial charge in [0.05, 0.1) is 0 Å². The van der Waals surface area contributed by atoms with Gasteiger partial charge in [0.1, 0.15) is 6.33 Å². The van der Waals surface area contributed by atoms with Gasteiger partial charge in [0, 0.05) is 30.1 Å². The molecule has 0 bridgehead atoms. The summed E-state index contributed by atoms with van der Waals surface area (Å²) >= 11 is 0. The summed E-state index contributed by atoms with van der Waals surface area (Å²) in [6.07, 6.45) is 4.94. The van der Waals surface area contributed by atoms with Gasteiger partial charge >= 0.3 is 0 Å². The Kier molecular flexibility index (Phi) is 3.45. The molecule has 0 fully saturated rings. The quantitative estimate of drug-likeness (QED) is 0.871. The average Bonchev–Trinajstić information content (AvgIpc) is 2.40. The second-order valence-corrected chi connectivity index (χ2v) is 3.57. The first-order valence-corrected chi connectivity index (χ1v) is 5.45. The minimum atomic E-state index is -0.0637. The summed E-state index contributed by atoms with van der Waals surface area (Å²) in [7, 11) is 0. The number of hydrogen-bond acceptors (Lipinski definition) is 3. The molecule has 0 aliphatic rings. The molecule has 1 amide bonds. The molecular weight excluding hydrogens is 214 g/mol. The predicted octanol–water partition coefficient (Wildman–Crippen LogP) is 1.89. The molecule has 2 aromatic rings. The number of aromatic nitrogens is 2. The van der Waals surface area contributed by atoms with Crippen molar-refractivity contribution >= 4 is 5.91 Å². The third kappa shape index (κ3) is 2.66. The van der Waals surface area contributed by atoms with Gasteiger partial charge in [-0.05, 0) is 24.6 Å². The Hall–Kier alpha value is -2.23. The summed E-state index contributed by atoms with van der Waals surface area (Å²) in [4.78, 5) is 19.6. The van der Waals surface area contributed by atoms with Crippen molar-refractivity contribution in [3.63, 3.8) is 0 Å². The minimum Gasteiger partial charge on any atom is -0.352 e. The van der Waals surface area contributed by atoms with Crippen molar-refractivity contribution < 1.29 is 4.79 Å². The Morgan fingerprint density at radius 1 is 1.24 bits per heavy atom. The van der Waals surface area contributed by atoms with Crippen LogP contribution in [0.2, 0.25) is 0 Å². The molecule has 0 saturated carbocycles. The highest BCUT2D eigenvalue weighted by atomic mass is 16.1. The van der Waals surface area contributed by atoms with Gasteiger partial charge in [-0.2, -0.15) is 0 Å². The van der Waals surface area contributed by atoms with Gasteiger partial charge in [-0.15, -0.1) is 0 Å². The van der Waals surface area contributed by atoms with Crippen LogP contribution in [0.1, 0.15) is 17.3 Å². The lowest BCUT2D eigenvalue weighted by molar-refractivity contribution is 0.0956. The van der Waals surface area contributed by atoms with Crippen molar-refractivity contribution in [2.45, 2.75) is 6.92 Å². The van der Waals surface area contributed by atoms with Gasteiger partial charge in [-0.1, -0.05) is 12.1 Å². The van der Waals surface area contributed by atoms with Crippen LogP contribution in [-0.2, 0) is 0 Å². The zero-order chi connectivity index (χ0) is 12.1. The van der Waals surface area contributed by atoms with Crippen LogP contribution in [0.15, 0.2) is 43.0 Å². The molecule has 4 heteroatoms. The molecule has 0 aliphatic carbocycles. The number of carbonyl (C=O) groups excluding carboxylic acids is 1. The third-order valence-electron chi connectivity index (χ3n) is 2.36. The van der Waals surface area contributed by atoms with E-state index in [1.54, 1.807) is 18.5 Å². The summed E-state index contributed by atoms with van der Waals surface area (Å²) in [6, 6.07) is 7.41. The molecule has 2 rings (SSSR count). The van der Waals surface area contributed by atoms with E-state index in [1.165, 1.54) is 6.33 Å². The van der Waals surface area contributed by atoms with Crippen LogP contribution in [0.5, 0.6) is 0 Å². The molecule has 1 aromatic carbocycles. The van der Waals surface area contributed by atoms with Crippen LogP contribution in [0.25, 0.3) is 11.1 Å². The Morgan fingerprint density at radius 3 is 2.71 bits per heavy atom. The first-order chi connectivity index (χ1) is 8.31. The predicted molar refractivity (Wildman–Crippen MR) is 65.5 cm³/mol. The fraction of sp³-hybridized carbons (Fsp3) is 0.154. The maximum absolute atomic E-state index is 11.7. The highest BCUT2D eigenvalue weighted by molar-refractivity contribution is 5.95. The van der Waals surface area contributed by atoms with Crippen LogP contribution in [0, 0.1) is 0 Å². The van der Waals surface area contributed by atoms with Crippen LogP contribution in [0.4, 0.5) is 0 Å². The van der Waals surface area contributed by atoms with Crippen molar-refractivity contribution in [2.24, 2.45) is 0 Å². The molecule has 86 valence electrons. The summed E-state index contributed by atoms with van der Waals surface area (Å²) in [5.41, 5.74) is 2.49. The normalized spacial score (nSPS) is 9.94. The van der Waals surface area contributed by atoms with Crippen LogP contribution < -0.4 is 5.32 Å². The van der Waals surface area contributed by atoms with Gasteiger partial charge in [0.2, 0.25) is 0 Å². The zero-order valence-electron chi connectivity index (χ0n) is 9.55. The SMILES string of the molecule is CCNC(=O)c1cccc(-c2cncnc2)c1. The molecule has 1 heterocycles. The lowest BCUT2D eigenvalue weighted by Gasteiger charge is -2.05. The second kappa shape index (κ2) is 5.21. The molecule has 0 spiro atoms. The maximum Gasteiger partial charge on any atom is 0.251 e. The fourth-order valence-electron chi connectivity index (χ4n) is 1.55. The summed E-state index contributed by atoms with van der Waals surface area (Å²) in [5, 5.41) is 2.77. The minimum absolute atomic E-state index is 0.0637. The first-order valence-electron chi connectivity index (χ1n) is 5.45. The number of amides is 1. The molecular formula is C13H13N3O. The monoisotopic (exact) mass is 227 g/mol. The Balaban J connectivity index is 2.32. The lowest BCUT2D eigenvalue weighted by atomic mass is 10.1. The number of rotatable bonds is 3. The summed E-state index contributed by atoms with van der Waals surface area (Å²) in [6.45, 7) is 2.52. The van der Waals surface area contributed by atoms with Crippen molar-refractivity contribution in [1.29, 1.82) is 0 Å². The van der Waals surface area contributed by atoms with E-state index in [2.05, 4.69) is 15.3 Å². The highest BCUT2D eigenvalue weighted by Gasteiger charge is 2.05. The van der Waals surface area contributed by atoms with Crippen LogP contribution in [-0.4, -0.2) is 22.4 Å². The maximum atomic E-state index is 11.7. The molecule has 0 saturated heterocycles. The Labute approximate surface area is 99.7 Å². The average molecular weight is 227 g/mol. The van der Waals surface area contributed by atoms with Crippen molar-refractivity contribution in [2.75, 3.05) is 6.54 Å². The highest BCUT2D eigenvalue weighted by Crippen LogP contribution is 2.18. The molecule has 4 nitrogen and oxygen atoms in total. The standard InChI is InChI=1S/C13H13N3O/c1-2-16-13(17)11-5-3-4-10(6-11)12-7-14-9-15-8-12/h3-9H,2H2,1H3,(H,16,17). The lowest BCUT2D eigenvalue weighted by Crippen LogP contribution is -2.22. The Morgan fingerprint density at radius 2 is 2.00 bits per heavy atom. The number of nitrogens with zero attached hydrogens (tertiary/aromatic N) is 2. The summed E-state index contributed by atoms with van der Waals surface area (Å²) in [5.74, 6) is -0.0637. The Bertz CT molecular complexity index is 511. The van der Waals surface area contributed by atoms with Crippen LogP contribution >= 0.6 is 0 Å². The van der Waals surface area contributed by atoms with Gasteiger partial charge in [-0.3, -0.25) is 4.79 Å². The van der Waals surface area contributed by atoms with E-state index in [-0.39, 0.29) is 5.91 Å². The van der Waals surface area contributed by atoms with Crippen molar-refractivity contribution in [3.8, 4) is 11.1 Å². The van der Waals surface area contributed by atoms with E-state index in [0.717, 1.165) is 11.1 Å². The number of nitrogens with one attached hydrogen (secondary N) is 1. The van der Waals surface area contributed by atoms with Gasteiger partial charge in [-0.25, -0.2) is 9.97 Å². The van der Waals surface area contributed by atoms with Gasteiger partial charge in [0.15, 0.2) is 0 Å². The zero-order valence-corrected chi connectivity index (χ0v) is 9.55. The van der Waals surface area contributed by atoms with Crippen molar-refractivity contribution in [1.82, 2.24) is 15.3 Å². The van der Waals surface area contributed by atoms with Crippen molar-refractivity contribution in [3.05, 3.63) is 48.5 Å². The molecule has 0 aliphatic heterocycles. The third-order valence-corrected chi connectivity index (χ3v) is 2.36. The number of benzene rings is 1. The number of carbonyl (C=O) groups is 1. The van der Waals surface area contributed by atoms with E-state index in [1.807, 2.05) is 25.1 Å². The van der Waals surface area contributed by atoms with E-state index in [0.29, 0.717) is 12.1 Å². The van der Waals surface area contributed by atoms with E-state index >= 15 is 0 Å². The topological polar surface area (TPSA) is 54.9 Å². The number of hydrogen-bond donors (Lipinski definition) is 1. The molecule has 0 atom stereocenters. The van der Waals surface area contributed by atoms with E-state index in [9.17, 15) is 4.79 Å². The largest absolute Gasteiger partial charge is 0.352 e. The van der Waals surface area contributed by atoms with E-state index < -0.39 is 0 Å². The van der Waals surface area contributed by atoms with E-state index in [4.69, 9.17) is 0 Å². The van der Waals surface area contributed by atoms with Gasteiger partial charge < -0.3 is 5.32 Å². The second-order valence-electron chi connectivity index (χ2n) is 3.57. The van der Waals surface area contributed by atoms with Crippen LogP contribution in [0.3, 0.4) is 0 Å². The molecule has 0 radical (unpaired) electrons. The smallest absolute Gasteiger partial charge is 0.251 e. The molecule has 0 unspecified atom stereocenters. The first kappa shape index (κ1) is 11.3. The summed E-state index contributed by atoms with van der Waals surface area (Å²) < 4.78 is 0. The molecule has 1 aromatic heterocycles. The molecule has 1 N–H and O–H groups in total. The fourth-order valence-corrected chi connectivity index (χ4v) is 1.55. The van der Waals surface area contributed by atoms with Gasteiger partial charge in [0.25, 0.3) is 5.91 Å².